The Labute approximate surface area is 170 Å². The number of aryl methyl sites for hydroxylation is 1. The van der Waals surface area contributed by atoms with Crippen LogP contribution in [0, 0.1) is 17.2 Å². The Morgan fingerprint density at radius 1 is 1.28 bits per heavy atom. The summed E-state index contributed by atoms with van der Waals surface area (Å²) < 4.78 is 2.08. The van der Waals surface area contributed by atoms with Crippen molar-refractivity contribution in [2.45, 2.75) is 46.2 Å². The number of nitrogens with zero attached hydrogens (tertiary/aromatic N) is 7. The van der Waals surface area contributed by atoms with Gasteiger partial charge in [-0.3, -0.25) is 9.98 Å². The van der Waals surface area contributed by atoms with Crippen LogP contribution in [0.3, 0.4) is 0 Å². The van der Waals surface area contributed by atoms with Crippen LogP contribution in [0.15, 0.2) is 48.3 Å². The molecule has 0 spiro atoms. The first-order valence-electron chi connectivity index (χ1n) is 9.84. The molecule has 148 valence electrons. The van der Waals surface area contributed by atoms with Gasteiger partial charge in [-0.25, -0.2) is 15.0 Å². The number of hydrogen-bond acceptors (Lipinski definition) is 6. The first-order chi connectivity index (χ1) is 14.2. The number of pyridine rings is 1. The number of imidazole rings is 1. The van der Waals surface area contributed by atoms with E-state index >= 15 is 0 Å². The molecule has 0 radical (unpaired) electrons. The average molecular weight is 387 g/mol. The summed E-state index contributed by atoms with van der Waals surface area (Å²) in [7, 11) is 0. The summed E-state index contributed by atoms with van der Waals surface area (Å²) in [5, 5.41) is 9.73. The van der Waals surface area contributed by atoms with Crippen molar-refractivity contribution in [2.24, 2.45) is 10.9 Å². The predicted octanol–water partition coefficient (Wildman–Crippen LogP) is 3.90. The number of hydrogen-bond donors (Lipinski definition) is 0. The Balaban J connectivity index is 1.72. The highest BCUT2D eigenvalue weighted by Gasteiger charge is 2.12. The number of fused-ring (bicyclic) bond motifs is 1. The van der Waals surface area contributed by atoms with Gasteiger partial charge < -0.3 is 4.57 Å². The Morgan fingerprint density at radius 3 is 3.00 bits per heavy atom. The lowest BCUT2D eigenvalue weighted by Crippen LogP contribution is -2.09. The van der Waals surface area contributed by atoms with E-state index in [0.717, 1.165) is 35.3 Å². The second-order valence-corrected chi connectivity index (χ2v) is 6.84. The number of rotatable bonds is 9. The molecule has 3 rings (SSSR count). The van der Waals surface area contributed by atoms with Crippen LogP contribution < -0.4 is 0 Å². The molecule has 0 saturated carbocycles. The van der Waals surface area contributed by atoms with Crippen LogP contribution >= 0.6 is 0 Å². The Morgan fingerprint density at radius 2 is 2.17 bits per heavy atom. The summed E-state index contributed by atoms with van der Waals surface area (Å²) in [6.45, 7) is 5.17. The van der Waals surface area contributed by atoms with Crippen LogP contribution in [0.2, 0.25) is 0 Å². The van der Waals surface area contributed by atoms with E-state index in [1.165, 1.54) is 5.56 Å². The van der Waals surface area contributed by atoms with Gasteiger partial charge in [-0.15, -0.1) is 0 Å². The molecule has 3 aromatic rings. The highest BCUT2D eigenvalue weighted by molar-refractivity contribution is 5.80. The zero-order chi connectivity index (χ0) is 20.5. The normalized spacial score (nSPS) is 12.7. The van der Waals surface area contributed by atoms with Gasteiger partial charge in [0.2, 0.25) is 0 Å². The summed E-state index contributed by atoms with van der Waals surface area (Å²) in [5.41, 5.74) is 3.16. The molecule has 0 fully saturated rings. The second-order valence-electron chi connectivity index (χ2n) is 6.84. The molecule has 0 aliphatic rings. The molecule has 7 nitrogen and oxygen atoms in total. The molecular formula is C22H25N7. The standard InChI is InChI=1S/C22H25N7/c1-3-6-19-20(27-13-18-12-25-16-28-22(18)19)15-29-10-9-26-21(29)14-24-8-5-4-7-17(2)11-23/h4,7-10,12-13,16-17H,3,5-6,14-15H2,1-2H3/b7-4-,24-8?. The number of aliphatic imine (C=N–C) groups is 1. The van der Waals surface area contributed by atoms with Gasteiger partial charge in [0.05, 0.1) is 36.3 Å². The van der Waals surface area contributed by atoms with Crippen molar-refractivity contribution in [3.63, 3.8) is 0 Å². The first kappa shape index (κ1) is 20.3. The Hall–Kier alpha value is -3.40. The zero-order valence-electron chi connectivity index (χ0n) is 16.9. The summed E-state index contributed by atoms with van der Waals surface area (Å²) >= 11 is 0. The Kier molecular flexibility index (Phi) is 7.17. The van der Waals surface area contributed by atoms with E-state index in [1.54, 1.807) is 18.7 Å². The summed E-state index contributed by atoms with van der Waals surface area (Å²) in [6, 6.07) is 2.17. The van der Waals surface area contributed by atoms with E-state index in [2.05, 4.69) is 42.5 Å². The van der Waals surface area contributed by atoms with Gasteiger partial charge in [-0.1, -0.05) is 25.5 Å². The molecule has 0 aliphatic heterocycles. The monoisotopic (exact) mass is 387 g/mol. The van der Waals surface area contributed by atoms with E-state index in [0.29, 0.717) is 19.5 Å². The van der Waals surface area contributed by atoms with Gasteiger partial charge >= 0.3 is 0 Å². The lowest BCUT2D eigenvalue weighted by molar-refractivity contribution is 0.701. The molecule has 0 saturated heterocycles. The van der Waals surface area contributed by atoms with Gasteiger partial charge in [0.15, 0.2) is 0 Å². The molecule has 1 atom stereocenters. The van der Waals surface area contributed by atoms with Crippen LogP contribution in [0.25, 0.3) is 10.9 Å². The van der Waals surface area contributed by atoms with Crippen LogP contribution in [-0.2, 0) is 19.5 Å². The molecule has 0 bridgehead atoms. The minimum Gasteiger partial charge on any atom is -0.327 e. The van der Waals surface area contributed by atoms with Gasteiger partial charge in [-0.2, -0.15) is 5.26 Å². The molecule has 3 heterocycles. The highest BCUT2D eigenvalue weighted by Crippen LogP contribution is 2.20. The lowest BCUT2D eigenvalue weighted by atomic mass is 10.1. The quantitative estimate of drug-likeness (QED) is 0.410. The highest BCUT2D eigenvalue weighted by atomic mass is 15.1. The summed E-state index contributed by atoms with van der Waals surface area (Å²) in [5.74, 6) is 0.821. The maximum Gasteiger partial charge on any atom is 0.130 e. The lowest BCUT2D eigenvalue weighted by Gasteiger charge is -2.12. The van der Waals surface area contributed by atoms with Crippen molar-refractivity contribution >= 4 is 17.1 Å². The van der Waals surface area contributed by atoms with E-state index in [1.807, 2.05) is 37.7 Å². The molecular weight excluding hydrogens is 362 g/mol. The Bertz CT molecular complexity index is 1040. The third kappa shape index (κ3) is 5.32. The molecule has 0 aliphatic carbocycles. The minimum atomic E-state index is -0.0701. The second kappa shape index (κ2) is 10.2. The number of aromatic nitrogens is 5. The molecule has 7 heteroatoms. The fraction of sp³-hybridized carbons (Fsp3) is 0.364. The first-order valence-corrected chi connectivity index (χ1v) is 9.84. The third-order valence-electron chi connectivity index (χ3n) is 4.59. The van der Waals surface area contributed by atoms with Gasteiger partial charge in [-0.05, 0) is 13.3 Å². The zero-order valence-corrected chi connectivity index (χ0v) is 16.9. The summed E-state index contributed by atoms with van der Waals surface area (Å²) in [6.07, 6.45) is 17.3. The van der Waals surface area contributed by atoms with E-state index in [-0.39, 0.29) is 5.92 Å². The maximum absolute atomic E-state index is 8.77. The topological polar surface area (TPSA) is 92.6 Å². The number of nitriles is 1. The van der Waals surface area contributed by atoms with E-state index in [9.17, 15) is 0 Å². The van der Waals surface area contributed by atoms with E-state index < -0.39 is 0 Å². The molecule has 1 unspecified atom stereocenters. The van der Waals surface area contributed by atoms with Crippen molar-refractivity contribution < 1.29 is 0 Å². The van der Waals surface area contributed by atoms with Crippen LogP contribution in [0.1, 0.15) is 43.8 Å². The van der Waals surface area contributed by atoms with E-state index in [4.69, 9.17) is 5.26 Å². The molecule has 29 heavy (non-hydrogen) atoms. The largest absolute Gasteiger partial charge is 0.327 e. The molecule has 0 amide bonds. The van der Waals surface area contributed by atoms with Crippen LogP contribution in [0.5, 0.6) is 0 Å². The fourth-order valence-electron chi connectivity index (χ4n) is 3.10. The molecule has 0 N–H and O–H groups in total. The fourth-order valence-corrected chi connectivity index (χ4v) is 3.10. The van der Waals surface area contributed by atoms with Crippen molar-refractivity contribution in [2.75, 3.05) is 0 Å². The van der Waals surface area contributed by atoms with Gasteiger partial charge in [0, 0.05) is 48.4 Å². The van der Waals surface area contributed by atoms with Crippen molar-refractivity contribution in [1.82, 2.24) is 24.5 Å². The SMILES string of the molecule is CCCc1c(Cn2ccnc2CN=CC/C=C\C(C)C#N)ncc2cncnc12. The van der Waals surface area contributed by atoms with Crippen molar-refractivity contribution in [1.29, 1.82) is 5.26 Å². The van der Waals surface area contributed by atoms with Crippen LogP contribution in [0.4, 0.5) is 0 Å². The van der Waals surface area contributed by atoms with Crippen molar-refractivity contribution in [3.8, 4) is 6.07 Å². The predicted molar refractivity (Wildman–Crippen MR) is 113 cm³/mol. The maximum atomic E-state index is 8.77. The van der Waals surface area contributed by atoms with Crippen LogP contribution in [-0.4, -0.2) is 30.7 Å². The van der Waals surface area contributed by atoms with Gasteiger partial charge in [0.1, 0.15) is 12.2 Å². The number of allylic oxidation sites excluding steroid dienone is 2. The average Bonchev–Trinajstić information content (AvgIpc) is 3.19. The molecule has 3 aromatic heterocycles. The minimum absolute atomic E-state index is 0.0701. The smallest absolute Gasteiger partial charge is 0.130 e. The van der Waals surface area contributed by atoms with Gasteiger partial charge in [0.25, 0.3) is 0 Å². The molecule has 0 aromatic carbocycles. The summed E-state index contributed by atoms with van der Waals surface area (Å²) in [4.78, 5) is 22.2. The third-order valence-corrected chi connectivity index (χ3v) is 4.59. The van der Waals surface area contributed by atoms with Crippen molar-refractivity contribution in [3.05, 3.63) is 60.3 Å².